The highest BCUT2D eigenvalue weighted by molar-refractivity contribution is 5.88. The zero-order valence-electron chi connectivity index (χ0n) is 11.2. The zero-order valence-corrected chi connectivity index (χ0v) is 11.2. The van der Waals surface area contributed by atoms with Gasteiger partial charge in [0.05, 0.1) is 18.6 Å². The van der Waals surface area contributed by atoms with Crippen molar-refractivity contribution < 1.29 is 19.4 Å². The van der Waals surface area contributed by atoms with Crippen LogP contribution in [0.2, 0.25) is 0 Å². The quantitative estimate of drug-likeness (QED) is 0.735. The Kier molecular flexibility index (Phi) is 4.06. The maximum absolute atomic E-state index is 12.3. The number of nitrogens with two attached hydrogens (primary N) is 1. The average molecular weight is 278 g/mol. The van der Waals surface area contributed by atoms with E-state index in [1.165, 1.54) is 0 Å². The van der Waals surface area contributed by atoms with E-state index in [4.69, 9.17) is 10.5 Å². The molecule has 1 aromatic rings. The van der Waals surface area contributed by atoms with Crippen molar-refractivity contribution in [2.24, 2.45) is 11.1 Å². The van der Waals surface area contributed by atoms with Crippen molar-refractivity contribution in [3.63, 3.8) is 0 Å². The van der Waals surface area contributed by atoms with Crippen LogP contribution in [0.25, 0.3) is 0 Å². The highest BCUT2D eigenvalue weighted by Gasteiger charge is 2.45. The molecule has 1 aliphatic rings. The molecule has 6 heteroatoms. The van der Waals surface area contributed by atoms with Gasteiger partial charge in [0.25, 0.3) is 0 Å². The van der Waals surface area contributed by atoms with Crippen molar-refractivity contribution in [3.8, 4) is 0 Å². The molecule has 1 fully saturated rings. The second kappa shape index (κ2) is 5.60. The lowest BCUT2D eigenvalue weighted by molar-refractivity contribution is -0.144. The molecule has 1 amide bonds. The van der Waals surface area contributed by atoms with E-state index in [1.54, 1.807) is 37.3 Å². The van der Waals surface area contributed by atoms with E-state index >= 15 is 0 Å². The number of carboxylic acids is 1. The summed E-state index contributed by atoms with van der Waals surface area (Å²) in [6.07, 6.45) is 0. The van der Waals surface area contributed by atoms with E-state index in [9.17, 15) is 14.7 Å². The molecule has 2 rings (SSSR count). The lowest BCUT2D eigenvalue weighted by atomic mass is 9.84. The van der Waals surface area contributed by atoms with Gasteiger partial charge < -0.3 is 20.9 Å². The summed E-state index contributed by atoms with van der Waals surface area (Å²) in [5, 5.41) is 11.8. The predicted octanol–water partition coefficient (Wildman–Crippen LogP) is 0.292. The van der Waals surface area contributed by atoms with Crippen LogP contribution >= 0.6 is 0 Å². The second-order valence-electron chi connectivity index (χ2n) is 5.19. The van der Waals surface area contributed by atoms with Crippen molar-refractivity contribution in [2.75, 3.05) is 13.2 Å². The minimum atomic E-state index is -1.11. The third-order valence-corrected chi connectivity index (χ3v) is 3.69. The Balaban J connectivity index is 2.17. The Morgan fingerprint density at radius 3 is 2.60 bits per heavy atom. The molecule has 3 atom stereocenters. The number of carbonyl (C=O) groups excluding carboxylic acids is 1. The van der Waals surface area contributed by atoms with E-state index in [0.29, 0.717) is 12.2 Å². The van der Waals surface area contributed by atoms with Crippen LogP contribution in [0.15, 0.2) is 30.3 Å². The summed E-state index contributed by atoms with van der Waals surface area (Å²) < 4.78 is 5.21. The van der Waals surface area contributed by atoms with Gasteiger partial charge in [-0.2, -0.15) is 0 Å². The van der Waals surface area contributed by atoms with Crippen molar-refractivity contribution in [1.82, 2.24) is 5.32 Å². The first-order chi connectivity index (χ1) is 9.45. The van der Waals surface area contributed by atoms with E-state index in [-0.39, 0.29) is 6.61 Å². The van der Waals surface area contributed by atoms with E-state index in [1.807, 2.05) is 0 Å². The number of carbonyl (C=O) groups is 2. The number of amides is 1. The maximum atomic E-state index is 12.3. The van der Waals surface area contributed by atoms with Crippen LogP contribution in [0.5, 0.6) is 0 Å². The number of hydrogen-bond donors (Lipinski definition) is 3. The molecular formula is C14H18N2O4. The minimum absolute atomic E-state index is 0.196. The van der Waals surface area contributed by atoms with Crippen molar-refractivity contribution in [1.29, 1.82) is 0 Å². The van der Waals surface area contributed by atoms with Gasteiger partial charge in [-0.3, -0.25) is 4.79 Å². The zero-order chi connectivity index (χ0) is 14.8. The molecule has 1 aromatic carbocycles. The number of aliphatic carboxylic acids is 1. The summed E-state index contributed by atoms with van der Waals surface area (Å²) in [6, 6.07) is 7.03. The molecule has 6 nitrogen and oxygen atoms in total. The van der Waals surface area contributed by atoms with Gasteiger partial charge in [-0.25, -0.2) is 4.79 Å². The lowest BCUT2D eigenvalue weighted by Gasteiger charge is -2.27. The van der Waals surface area contributed by atoms with Gasteiger partial charge >= 0.3 is 5.97 Å². The molecule has 0 radical (unpaired) electrons. The van der Waals surface area contributed by atoms with Crippen molar-refractivity contribution in [3.05, 3.63) is 35.9 Å². The maximum Gasteiger partial charge on any atom is 0.330 e. The van der Waals surface area contributed by atoms with Gasteiger partial charge in [0.1, 0.15) is 0 Å². The summed E-state index contributed by atoms with van der Waals surface area (Å²) >= 11 is 0. The van der Waals surface area contributed by atoms with Gasteiger partial charge in [0, 0.05) is 6.04 Å². The monoisotopic (exact) mass is 278 g/mol. The summed E-state index contributed by atoms with van der Waals surface area (Å²) in [5.41, 5.74) is 5.49. The minimum Gasteiger partial charge on any atom is -0.479 e. The smallest absolute Gasteiger partial charge is 0.330 e. The fourth-order valence-electron chi connectivity index (χ4n) is 2.15. The number of ether oxygens (including phenoxy) is 1. The number of carboxylic acid groups (broad SMARTS) is 1. The molecule has 1 aliphatic heterocycles. The average Bonchev–Trinajstić information content (AvgIpc) is 2.77. The van der Waals surface area contributed by atoms with Crippen LogP contribution in [-0.4, -0.2) is 36.2 Å². The number of nitrogens with one attached hydrogen (secondary N) is 1. The molecule has 1 saturated heterocycles. The van der Waals surface area contributed by atoms with Crippen LogP contribution in [0.4, 0.5) is 0 Å². The Morgan fingerprint density at radius 1 is 1.45 bits per heavy atom. The molecule has 0 aliphatic carbocycles. The molecule has 20 heavy (non-hydrogen) atoms. The third kappa shape index (κ3) is 2.66. The molecule has 0 bridgehead atoms. The molecule has 108 valence electrons. The number of benzene rings is 1. The molecule has 0 aromatic heterocycles. The number of rotatable bonds is 4. The van der Waals surface area contributed by atoms with Crippen LogP contribution < -0.4 is 11.1 Å². The van der Waals surface area contributed by atoms with Gasteiger partial charge in [-0.1, -0.05) is 30.3 Å². The predicted molar refractivity (Wildman–Crippen MR) is 71.9 cm³/mol. The molecule has 0 saturated carbocycles. The van der Waals surface area contributed by atoms with Gasteiger partial charge in [0.2, 0.25) is 5.91 Å². The molecule has 0 spiro atoms. The molecule has 1 heterocycles. The van der Waals surface area contributed by atoms with Crippen LogP contribution in [0.1, 0.15) is 18.5 Å². The van der Waals surface area contributed by atoms with Crippen LogP contribution in [-0.2, 0) is 14.3 Å². The molecule has 2 unspecified atom stereocenters. The molecule has 4 N–H and O–H groups in total. The van der Waals surface area contributed by atoms with Crippen LogP contribution in [0, 0.1) is 5.41 Å². The standard InChI is InChI=1S/C14H18N2O4/c1-14(8-20-7-10(14)15)13(19)16-11(12(17)18)9-5-3-2-4-6-9/h2-6,10-11H,7-8,15H2,1H3,(H,16,19)(H,17,18)/t10?,11-,14?/m1/s1. The van der Waals surface area contributed by atoms with E-state index in [2.05, 4.69) is 5.32 Å². The van der Waals surface area contributed by atoms with Gasteiger partial charge in [-0.05, 0) is 12.5 Å². The second-order valence-corrected chi connectivity index (χ2v) is 5.19. The summed E-state index contributed by atoms with van der Waals surface area (Å²) in [5.74, 6) is -1.51. The topological polar surface area (TPSA) is 102 Å². The Hall–Kier alpha value is -1.92. The number of hydrogen-bond acceptors (Lipinski definition) is 4. The van der Waals surface area contributed by atoms with Crippen molar-refractivity contribution >= 4 is 11.9 Å². The largest absolute Gasteiger partial charge is 0.479 e. The fraction of sp³-hybridized carbons (Fsp3) is 0.429. The summed E-state index contributed by atoms with van der Waals surface area (Å²) in [7, 11) is 0. The first kappa shape index (κ1) is 14.5. The highest BCUT2D eigenvalue weighted by Crippen LogP contribution is 2.28. The van der Waals surface area contributed by atoms with E-state index in [0.717, 1.165) is 0 Å². The Labute approximate surface area is 116 Å². The first-order valence-electron chi connectivity index (χ1n) is 6.37. The lowest BCUT2D eigenvalue weighted by Crippen LogP contribution is -2.51. The fourth-order valence-corrected chi connectivity index (χ4v) is 2.15. The van der Waals surface area contributed by atoms with E-state index < -0.39 is 29.4 Å². The Bertz CT molecular complexity index is 505. The first-order valence-corrected chi connectivity index (χ1v) is 6.37. The normalized spacial score (nSPS) is 27.0. The van der Waals surface area contributed by atoms with Gasteiger partial charge in [-0.15, -0.1) is 0 Å². The molecular weight excluding hydrogens is 260 g/mol. The SMILES string of the molecule is CC1(C(=O)N[C@@H](C(=O)O)c2ccccc2)COCC1N. The van der Waals surface area contributed by atoms with Crippen molar-refractivity contribution in [2.45, 2.75) is 19.0 Å². The summed E-state index contributed by atoms with van der Waals surface area (Å²) in [6.45, 7) is 2.18. The van der Waals surface area contributed by atoms with Crippen LogP contribution in [0.3, 0.4) is 0 Å². The van der Waals surface area contributed by atoms with Gasteiger partial charge in [0.15, 0.2) is 6.04 Å². The summed E-state index contributed by atoms with van der Waals surface area (Å²) in [4.78, 5) is 23.7. The Morgan fingerprint density at radius 2 is 2.10 bits per heavy atom. The highest BCUT2D eigenvalue weighted by atomic mass is 16.5. The third-order valence-electron chi connectivity index (χ3n) is 3.69.